The van der Waals surface area contributed by atoms with Gasteiger partial charge in [-0.25, -0.2) is 0 Å². The smallest absolute Gasteiger partial charge is 0.317 e. The SMILES string of the molecule is CCN(CC(=O)O)C1CC(NC(=O)CCNC(=O)Cc2ccccc2)C1. The molecule has 0 aromatic heterocycles. The van der Waals surface area contributed by atoms with E-state index in [-0.39, 0.29) is 36.9 Å². The normalized spacial score (nSPS) is 18.8. The fourth-order valence-electron chi connectivity index (χ4n) is 3.14. The molecule has 142 valence electrons. The standard InChI is InChI=1S/C19H27N3O4/c1-2-22(13-19(25)26)16-11-15(12-16)21-17(23)8-9-20-18(24)10-14-6-4-3-5-7-14/h3-7,15-16H,2,8-13H2,1H3,(H,20,24)(H,21,23)(H,25,26). The molecule has 1 aliphatic carbocycles. The van der Waals surface area contributed by atoms with E-state index in [1.165, 1.54) is 0 Å². The number of hydrogen-bond acceptors (Lipinski definition) is 4. The van der Waals surface area contributed by atoms with Gasteiger partial charge in [0.15, 0.2) is 0 Å². The number of benzene rings is 1. The molecule has 1 aromatic rings. The summed E-state index contributed by atoms with van der Waals surface area (Å²) >= 11 is 0. The van der Waals surface area contributed by atoms with E-state index in [1.807, 2.05) is 42.2 Å². The summed E-state index contributed by atoms with van der Waals surface area (Å²) in [6.07, 6.45) is 2.10. The highest BCUT2D eigenvalue weighted by atomic mass is 16.4. The molecule has 0 spiro atoms. The first kappa shape index (κ1) is 19.9. The van der Waals surface area contributed by atoms with Crippen molar-refractivity contribution in [1.29, 1.82) is 0 Å². The number of carboxylic acids is 1. The molecular formula is C19H27N3O4. The van der Waals surface area contributed by atoms with Crippen LogP contribution >= 0.6 is 0 Å². The summed E-state index contributed by atoms with van der Waals surface area (Å²) in [7, 11) is 0. The lowest BCUT2D eigenvalue weighted by molar-refractivity contribution is -0.140. The van der Waals surface area contributed by atoms with Gasteiger partial charge < -0.3 is 15.7 Å². The maximum absolute atomic E-state index is 11.9. The zero-order chi connectivity index (χ0) is 18.9. The van der Waals surface area contributed by atoms with Crippen LogP contribution in [0.5, 0.6) is 0 Å². The fourth-order valence-corrected chi connectivity index (χ4v) is 3.14. The van der Waals surface area contributed by atoms with Crippen LogP contribution in [0.3, 0.4) is 0 Å². The molecule has 26 heavy (non-hydrogen) atoms. The molecule has 7 heteroatoms. The van der Waals surface area contributed by atoms with Crippen molar-refractivity contribution in [3.63, 3.8) is 0 Å². The Kier molecular flexibility index (Phi) is 7.59. The minimum Gasteiger partial charge on any atom is -0.480 e. The third kappa shape index (κ3) is 6.48. The number of likely N-dealkylation sites (N-methyl/N-ethyl adjacent to an activating group) is 1. The topological polar surface area (TPSA) is 98.7 Å². The summed E-state index contributed by atoms with van der Waals surface area (Å²) in [5.41, 5.74) is 0.941. The second kappa shape index (κ2) is 9.91. The van der Waals surface area contributed by atoms with E-state index < -0.39 is 5.97 Å². The van der Waals surface area contributed by atoms with Crippen LogP contribution in [0.25, 0.3) is 0 Å². The Morgan fingerprint density at radius 3 is 2.46 bits per heavy atom. The Balaban J connectivity index is 1.58. The van der Waals surface area contributed by atoms with Crippen molar-refractivity contribution in [2.75, 3.05) is 19.6 Å². The summed E-state index contributed by atoms with van der Waals surface area (Å²) in [6.45, 7) is 2.97. The first-order valence-corrected chi connectivity index (χ1v) is 9.03. The van der Waals surface area contributed by atoms with E-state index >= 15 is 0 Å². The average Bonchev–Trinajstić information content (AvgIpc) is 2.56. The van der Waals surface area contributed by atoms with Crippen LogP contribution in [0.15, 0.2) is 30.3 Å². The van der Waals surface area contributed by atoms with E-state index in [1.54, 1.807) is 0 Å². The van der Waals surface area contributed by atoms with E-state index in [0.717, 1.165) is 18.4 Å². The molecule has 2 rings (SSSR count). The summed E-state index contributed by atoms with van der Waals surface area (Å²) in [6, 6.07) is 9.77. The Bertz CT molecular complexity index is 614. The average molecular weight is 361 g/mol. The van der Waals surface area contributed by atoms with Crippen molar-refractivity contribution in [3.05, 3.63) is 35.9 Å². The highest BCUT2D eigenvalue weighted by Crippen LogP contribution is 2.25. The van der Waals surface area contributed by atoms with Gasteiger partial charge in [-0.1, -0.05) is 37.3 Å². The molecule has 0 atom stereocenters. The molecule has 1 aromatic carbocycles. The molecule has 0 unspecified atom stereocenters. The Labute approximate surface area is 153 Å². The molecule has 0 aliphatic heterocycles. The van der Waals surface area contributed by atoms with E-state index in [4.69, 9.17) is 5.11 Å². The molecule has 0 bridgehead atoms. The lowest BCUT2D eigenvalue weighted by Gasteiger charge is -2.42. The highest BCUT2D eigenvalue weighted by Gasteiger charge is 2.34. The van der Waals surface area contributed by atoms with Crippen LogP contribution < -0.4 is 10.6 Å². The number of carboxylic acid groups (broad SMARTS) is 1. The number of carbonyl (C=O) groups excluding carboxylic acids is 2. The van der Waals surface area contributed by atoms with Crippen LogP contribution in [0.4, 0.5) is 0 Å². The van der Waals surface area contributed by atoms with Crippen molar-refractivity contribution in [1.82, 2.24) is 15.5 Å². The Morgan fingerprint density at radius 2 is 1.85 bits per heavy atom. The van der Waals surface area contributed by atoms with Gasteiger partial charge in [0.25, 0.3) is 0 Å². The van der Waals surface area contributed by atoms with Crippen LogP contribution in [0.2, 0.25) is 0 Å². The Morgan fingerprint density at radius 1 is 1.15 bits per heavy atom. The van der Waals surface area contributed by atoms with Gasteiger partial charge in [0.2, 0.25) is 11.8 Å². The lowest BCUT2D eigenvalue weighted by atomic mass is 9.85. The summed E-state index contributed by atoms with van der Waals surface area (Å²) < 4.78 is 0. The van der Waals surface area contributed by atoms with Crippen molar-refractivity contribution in [2.24, 2.45) is 0 Å². The summed E-state index contributed by atoms with van der Waals surface area (Å²) in [4.78, 5) is 36.5. The van der Waals surface area contributed by atoms with Crippen LogP contribution in [0.1, 0.15) is 31.7 Å². The molecule has 3 N–H and O–H groups in total. The predicted octanol–water partition coefficient (Wildman–Crippen LogP) is 0.789. The third-order valence-corrected chi connectivity index (χ3v) is 4.62. The van der Waals surface area contributed by atoms with Crippen LogP contribution in [0, 0.1) is 0 Å². The zero-order valence-corrected chi connectivity index (χ0v) is 15.1. The molecule has 0 saturated heterocycles. The van der Waals surface area contributed by atoms with Crippen LogP contribution in [-0.4, -0.2) is 59.5 Å². The minimum absolute atomic E-state index is 0.0370. The number of amides is 2. The molecular weight excluding hydrogens is 334 g/mol. The quantitative estimate of drug-likeness (QED) is 0.572. The third-order valence-electron chi connectivity index (χ3n) is 4.62. The number of hydrogen-bond donors (Lipinski definition) is 3. The minimum atomic E-state index is -0.828. The van der Waals surface area contributed by atoms with Gasteiger partial charge in [-0.15, -0.1) is 0 Å². The summed E-state index contributed by atoms with van der Waals surface area (Å²) in [5.74, 6) is -1.01. The van der Waals surface area contributed by atoms with Crippen LogP contribution in [-0.2, 0) is 20.8 Å². The van der Waals surface area contributed by atoms with Gasteiger partial charge in [-0.2, -0.15) is 0 Å². The number of nitrogens with zero attached hydrogens (tertiary/aromatic N) is 1. The zero-order valence-electron chi connectivity index (χ0n) is 15.1. The second-order valence-corrected chi connectivity index (χ2v) is 6.61. The van der Waals surface area contributed by atoms with Gasteiger partial charge in [-0.3, -0.25) is 19.3 Å². The second-order valence-electron chi connectivity index (χ2n) is 6.61. The molecule has 0 radical (unpaired) electrons. The highest BCUT2D eigenvalue weighted by molar-refractivity contribution is 5.80. The molecule has 2 amide bonds. The maximum atomic E-state index is 11.9. The van der Waals surface area contributed by atoms with Crippen molar-refractivity contribution in [2.45, 2.75) is 44.7 Å². The lowest BCUT2D eigenvalue weighted by Crippen LogP contribution is -2.55. The van der Waals surface area contributed by atoms with E-state index in [0.29, 0.717) is 19.5 Å². The maximum Gasteiger partial charge on any atom is 0.317 e. The summed E-state index contributed by atoms with van der Waals surface area (Å²) in [5, 5.41) is 14.6. The van der Waals surface area contributed by atoms with E-state index in [9.17, 15) is 14.4 Å². The first-order valence-electron chi connectivity index (χ1n) is 9.03. The van der Waals surface area contributed by atoms with Gasteiger partial charge in [0, 0.05) is 25.0 Å². The van der Waals surface area contributed by atoms with Crippen molar-refractivity contribution < 1.29 is 19.5 Å². The monoisotopic (exact) mass is 361 g/mol. The van der Waals surface area contributed by atoms with Gasteiger partial charge in [-0.05, 0) is 24.9 Å². The van der Waals surface area contributed by atoms with Crippen molar-refractivity contribution >= 4 is 17.8 Å². The first-order chi connectivity index (χ1) is 12.5. The number of rotatable bonds is 10. The fraction of sp³-hybridized carbons (Fsp3) is 0.526. The number of carbonyl (C=O) groups is 3. The molecule has 0 heterocycles. The largest absolute Gasteiger partial charge is 0.480 e. The molecule has 1 saturated carbocycles. The van der Waals surface area contributed by atoms with Crippen molar-refractivity contribution in [3.8, 4) is 0 Å². The number of nitrogens with one attached hydrogen (secondary N) is 2. The van der Waals surface area contributed by atoms with Gasteiger partial charge >= 0.3 is 5.97 Å². The van der Waals surface area contributed by atoms with E-state index in [2.05, 4.69) is 10.6 Å². The van der Waals surface area contributed by atoms with Gasteiger partial charge in [0.1, 0.15) is 0 Å². The predicted molar refractivity (Wildman–Crippen MR) is 97.6 cm³/mol. The molecule has 7 nitrogen and oxygen atoms in total. The number of aliphatic carboxylic acids is 1. The molecule has 1 aliphatic rings. The van der Waals surface area contributed by atoms with Gasteiger partial charge in [0.05, 0.1) is 13.0 Å². The Hall–Kier alpha value is -2.41. The molecule has 1 fully saturated rings.